The number of nitro benzene ring substituents is 2. The standard InChI is InChI=1S/C27H21N5O8/c33-26(34)23(11-16-13-30(15-28-16)24-10-9-17(31(36)37)12-25(24)32(38)39)29-27(35)40-14-22-20-7-3-1-5-18(20)19-6-2-4-8-21(19)22/h1-10,12-13,15,22-23H,11,14H2,(H,29,35)(H,33,34)/t23-/m1/s1. The average molecular weight is 543 g/mol. The van der Waals surface area contributed by atoms with E-state index in [2.05, 4.69) is 10.3 Å². The van der Waals surface area contributed by atoms with Crippen molar-refractivity contribution in [3.8, 4) is 16.8 Å². The van der Waals surface area contributed by atoms with Crippen LogP contribution in [-0.2, 0) is 16.0 Å². The van der Waals surface area contributed by atoms with Gasteiger partial charge in [-0.15, -0.1) is 0 Å². The van der Waals surface area contributed by atoms with Gasteiger partial charge in [-0.1, -0.05) is 48.5 Å². The number of benzene rings is 3. The number of nitrogens with zero attached hydrogens (tertiary/aromatic N) is 4. The fourth-order valence-corrected chi connectivity index (χ4v) is 4.78. The lowest BCUT2D eigenvalue weighted by Crippen LogP contribution is -2.43. The Morgan fingerprint density at radius 1 is 1.00 bits per heavy atom. The molecule has 0 aliphatic heterocycles. The minimum atomic E-state index is -1.40. The summed E-state index contributed by atoms with van der Waals surface area (Å²) in [6.07, 6.45) is 1.41. The van der Waals surface area contributed by atoms with Crippen molar-refractivity contribution < 1.29 is 29.3 Å². The molecule has 13 heteroatoms. The summed E-state index contributed by atoms with van der Waals surface area (Å²) in [5.74, 6) is -1.53. The Morgan fingerprint density at radius 3 is 2.25 bits per heavy atom. The van der Waals surface area contributed by atoms with E-state index in [0.29, 0.717) is 0 Å². The molecular formula is C27H21N5O8. The number of carbonyl (C=O) groups is 2. The Labute approximate surface area is 226 Å². The molecule has 1 aromatic heterocycles. The number of fused-ring (bicyclic) bond motifs is 3. The van der Waals surface area contributed by atoms with Crippen LogP contribution in [0.2, 0.25) is 0 Å². The highest BCUT2D eigenvalue weighted by Gasteiger charge is 2.30. The smallest absolute Gasteiger partial charge is 0.407 e. The molecule has 0 saturated heterocycles. The van der Waals surface area contributed by atoms with Crippen molar-refractivity contribution in [1.82, 2.24) is 14.9 Å². The fraction of sp³-hybridized carbons (Fsp3) is 0.148. The summed E-state index contributed by atoms with van der Waals surface area (Å²) < 4.78 is 6.69. The van der Waals surface area contributed by atoms with Crippen LogP contribution in [0.3, 0.4) is 0 Å². The first-order chi connectivity index (χ1) is 19.2. The third-order valence-corrected chi connectivity index (χ3v) is 6.63. The molecule has 1 atom stereocenters. The van der Waals surface area contributed by atoms with Crippen LogP contribution < -0.4 is 5.32 Å². The molecule has 40 heavy (non-hydrogen) atoms. The van der Waals surface area contributed by atoms with Gasteiger partial charge in [0.25, 0.3) is 11.4 Å². The number of nitro groups is 2. The molecule has 0 fully saturated rings. The highest BCUT2D eigenvalue weighted by molar-refractivity contribution is 5.81. The lowest BCUT2D eigenvalue weighted by molar-refractivity contribution is -0.394. The van der Waals surface area contributed by atoms with Crippen LogP contribution in [0, 0.1) is 20.2 Å². The van der Waals surface area contributed by atoms with Crippen molar-refractivity contribution in [1.29, 1.82) is 0 Å². The SMILES string of the molecule is O=C(N[C@H](Cc1cn(-c2ccc([N+](=O)[O-])cc2[N+](=O)[O-])cn1)C(=O)O)OCC1c2ccccc2-c2ccccc21. The second-order valence-electron chi connectivity index (χ2n) is 9.02. The topological polar surface area (TPSA) is 180 Å². The summed E-state index contributed by atoms with van der Waals surface area (Å²) in [5, 5.41) is 34.5. The number of amides is 1. The minimum Gasteiger partial charge on any atom is -0.480 e. The molecule has 2 N–H and O–H groups in total. The van der Waals surface area contributed by atoms with Gasteiger partial charge in [0, 0.05) is 24.6 Å². The summed E-state index contributed by atoms with van der Waals surface area (Å²) in [4.78, 5) is 49.5. The van der Waals surface area contributed by atoms with Crippen molar-refractivity contribution in [2.45, 2.75) is 18.4 Å². The van der Waals surface area contributed by atoms with Crippen molar-refractivity contribution in [2.24, 2.45) is 0 Å². The number of alkyl carbamates (subject to hydrolysis) is 1. The van der Waals surface area contributed by atoms with Crippen LogP contribution >= 0.6 is 0 Å². The lowest BCUT2D eigenvalue weighted by atomic mass is 9.98. The van der Waals surface area contributed by atoms with Gasteiger partial charge >= 0.3 is 12.1 Å². The maximum absolute atomic E-state index is 12.6. The highest BCUT2D eigenvalue weighted by Crippen LogP contribution is 2.44. The van der Waals surface area contributed by atoms with Gasteiger partial charge in [0.15, 0.2) is 0 Å². The van der Waals surface area contributed by atoms with Gasteiger partial charge in [0.2, 0.25) is 0 Å². The molecule has 1 aliphatic rings. The number of ether oxygens (including phenoxy) is 1. The molecule has 5 rings (SSSR count). The van der Waals surface area contributed by atoms with Crippen LogP contribution in [0.15, 0.2) is 79.3 Å². The van der Waals surface area contributed by atoms with Gasteiger partial charge in [-0.25, -0.2) is 14.6 Å². The van der Waals surface area contributed by atoms with E-state index in [1.54, 1.807) is 0 Å². The number of aliphatic carboxylic acids is 1. The Morgan fingerprint density at radius 2 is 1.65 bits per heavy atom. The molecule has 0 radical (unpaired) electrons. The van der Waals surface area contributed by atoms with E-state index < -0.39 is 39.3 Å². The Bertz CT molecular complexity index is 1600. The molecule has 1 amide bonds. The molecule has 202 valence electrons. The second-order valence-corrected chi connectivity index (χ2v) is 9.02. The third-order valence-electron chi connectivity index (χ3n) is 6.63. The molecule has 0 spiro atoms. The number of non-ortho nitro benzene ring substituents is 1. The first kappa shape index (κ1) is 26.0. The van der Waals surface area contributed by atoms with Crippen molar-refractivity contribution >= 4 is 23.4 Å². The molecular weight excluding hydrogens is 522 g/mol. The Hall–Kier alpha value is -5.59. The maximum Gasteiger partial charge on any atom is 0.407 e. The zero-order valence-corrected chi connectivity index (χ0v) is 20.7. The number of carbonyl (C=O) groups excluding carboxylic acids is 1. The molecule has 0 unspecified atom stereocenters. The summed E-state index contributed by atoms with van der Waals surface area (Å²) >= 11 is 0. The zero-order chi connectivity index (χ0) is 28.4. The van der Waals surface area contributed by atoms with Gasteiger partial charge in [0.1, 0.15) is 18.3 Å². The number of aromatic nitrogens is 2. The maximum atomic E-state index is 12.6. The number of carboxylic acid groups (broad SMARTS) is 1. The van der Waals surface area contributed by atoms with Crippen LogP contribution in [0.25, 0.3) is 16.8 Å². The zero-order valence-electron chi connectivity index (χ0n) is 20.7. The van der Waals surface area contributed by atoms with Gasteiger partial charge in [0.05, 0.1) is 27.9 Å². The van der Waals surface area contributed by atoms with E-state index in [-0.39, 0.29) is 30.3 Å². The summed E-state index contributed by atoms with van der Waals surface area (Å²) in [7, 11) is 0. The predicted octanol–water partition coefficient (Wildman–Crippen LogP) is 4.22. The molecule has 0 bridgehead atoms. The molecule has 0 saturated carbocycles. The normalized spacial score (nSPS) is 12.7. The largest absolute Gasteiger partial charge is 0.480 e. The summed E-state index contributed by atoms with van der Waals surface area (Å²) in [6.45, 7) is 0.00460. The molecule has 3 aromatic carbocycles. The first-order valence-corrected chi connectivity index (χ1v) is 12.0. The Kier molecular flexibility index (Phi) is 6.93. The van der Waals surface area contributed by atoms with E-state index in [1.807, 2.05) is 48.5 Å². The number of hydrogen-bond donors (Lipinski definition) is 2. The van der Waals surface area contributed by atoms with E-state index in [0.717, 1.165) is 34.4 Å². The quantitative estimate of drug-likeness (QED) is 0.231. The fourth-order valence-electron chi connectivity index (χ4n) is 4.78. The minimum absolute atomic E-state index is 0.00460. The van der Waals surface area contributed by atoms with Gasteiger partial charge in [-0.2, -0.15) is 0 Å². The van der Waals surface area contributed by atoms with E-state index in [1.165, 1.54) is 23.2 Å². The van der Waals surface area contributed by atoms with Gasteiger partial charge in [-0.05, 0) is 28.3 Å². The second kappa shape index (κ2) is 10.6. The number of carboxylic acids is 1. The number of hydrogen-bond acceptors (Lipinski definition) is 8. The van der Waals surface area contributed by atoms with Crippen LogP contribution in [0.4, 0.5) is 16.2 Å². The van der Waals surface area contributed by atoms with Crippen molar-refractivity contribution in [3.05, 3.63) is 116 Å². The van der Waals surface area contributed by atoms with E-state index in [9.17, 15) is 34.9 Å². The van der Waals surface area contributed by atoms with Crippen molar-refractivity contribution in [2.75, 3.05) is 6.61 Å². The molecule has 4 aromatic rings. The van der Waals surface area contributed by atoms with Gasteiger partial charge in [-0.3, -0.25) is 24.8 Å². The van der Waals surface area contributed by atoms with Crippen LogP contribution in [0.1, 0.15) is 22.7 Å². The van der Waals surface area contributed by atoms with E-state index >= 15 is 0 Å². The number of nitrogens with one attached hydrogen (secondary N) is 1. The molecule has 1 aliphatic carbocycles. The van der Waals surface area contributed by atoms with E-state index in [4.69, 9.17) is 4.74 Å². The number of rotatable bonds is 9. The van der Waals surface area contributed by atoms with Gasteiger partial charge < -0.3 is 15.2 Å². The van der Waals surface area contributed by atoms with Crippen LogP contribution in [-0.4, -0.2) is 49.2 Å². The monoisotopic (exact) mass is 543 g/mol. The first-order valence-electron chi connectivity index (χ1n) is 12.0. The molecule has 13 nitrogen and oxygen atoms in total. The summed E-state index contributed by atoms with van der Waals surface area (Å²) in [6, 6.07) is 17.4. The Balaban J connectivity index is 1.27. The molecule has 1 heterocycles. The van der Waals surface area contributed by atoms with Crippen LogP contribution in [0.5, 0.6) is 0 Å². The lowest BCUT2D eigenvalue weighted by Gasteiger charge is -2.17. The average Bonchev–Trinajstić information content (AvgIpc) is 3.53. The third kappa shape index (κ3) is 5.07. The highest BCUT2D eigenvalue weighted by atomic mass is 16.6. The van der Waals surface area contributed by atoms with Crippen molar-refractivity contribution in [3.63, 3.8) is 0 Å². The summed E-state index contributed by atoms with van der Waals surface area (Å²) in [5.41, 5.74) is 3.37. The predicted molar refractivity (Wildman–Crippen MR) is 140 cm³/mol. The number of imidazole rings is 1.